The lowest BCUT2D eigenvalue weighted by Gasteiger charge is -2.19. The van der Waals surface area contributed by atoms with Crippen LogP contribution < -0.4 is 5.56 Å². The Morgan fingerprint density at radius 3 is 2.48 bits per heavy atom. The summed E-state index contributed by atoms with van der Waals surface area (Å²) in [5.41, 5.74) is 2.38. The lowest BCUT2D eigenvalue weighted by Crippen LogP contribution is -2.24. The molecule has 6 heteroatoms. The fourth-order valence-corrected chi connectivity index (χ4v) is 3.15. The van der Waals surface area contributed by atoms with E-state index in [1.807, 2.05) is 24.3 Å². The van der Waals surface area contributed by atoms with Crippen LogP contribution in [-0.4, -0.2) is 9.78 Å². The molecule has 0 fully saturated rings. The summed E-state index contributed by atoms with van der Waals surface area (Å²) in [5.74, 6) is 0. The van der Waals surface area contributed by atoms with E-state index in [0.717, 1.165) is 39.9 Å². The van der Waals surface area contributed by atoms with Gasteiger partial charge in [-0.1, -0.05) is 30.3 Å². The van der Waals surface area contributed by atoms with Crippen LogP contribution in [0.2, 0.25) is 0 Å². The fourth-order valence-electron chi connectivity index (χ4n) is 3.15. The number of aryl methyl sites for hydroxylation is 2. The van der Waals surface area contributed by atoms with E-state index >= 15 is 0 Å². The van der Waals surface area contributed by atoms with Gasteiger partial charge in [0.25, 0.3) is 5.56 Å². The van der Waals surface area contributed by atoms with Gasteiger partial charge in [-0.05, 0) is 42.2 Å². The Labute approximate surface area is 141 Å². The molecule has 126 valence electrons. The normalized spacial score (nSPS) is 13.2. The highest BCUT2D eigenvalue weighted by Gasteiger charge is 2.30. The molecule has 0 bridgehead atoms. The van der Waals surface area contributed by atoms with Crippen molar-refractivity contribution in [3.8, 4) is 16.9 Å². The van der Waals surface area contributed by atoms with Crippen LogP contribution in [0.25, 0.3) is 16.9 Å². The molecule has 1 aliphatic carbocycles. The molecule has 1 heterocycles. The van der Waals surface area contributed by atoms with Crippen molar-refractivity contribution in [2.24, 2.45) is 0 Å². The maximum absolute atomic E-state index is 12.9. The van der Waals surface area contributed by atoms with E-state index in [1.165, 1.54) is 18.2 Å². The van der Waals surface area contributed by atoms with Crippen LogP contribution in [0, 0.1) is 0 Å². The lowest BCUT2D eigenvalue weighted by atomic mass is 9.89. The van der Waals surface area contributed by atoms with Crippen molar-refractivity contribution in [3.63, 3.8) is 0 Å². The second-order valence-electron chi connectivity index (χ2n) is 5.97. The minimum atomic E-state index is -4.47. The van der Waals surface area contributed by atoms with Crippen LogP contribution in [0.3, 0.4) is 0 Å². The zero-order chi connectivity index (χ0) is 17.6. The third-order valence-electron chi connectivity index (χ3n) is 4.36. The van der Waals surface area contributed by atoms with E-state index in [9.17, 15) is 18.0 Å². The van der Waals surface area contributed by atoms with Crippen LogP contribution in [0.4, 0.5) is 13.2 Å². The smallest absolute Gasteiger partial charge is 0.267 e. The van der Waals surface area contributed by atoms with Gasteiger partial charge in [0.1, 0.15) is 0 Å². The summed E-state index contributed by atoms with van der Waals surface area (Å²) >= 11 is 0. The van der Waals surface area contributed by atoms with Crippen molar-refractivity contribution in [1.29, 1.82) is 0 Å². The highest BCUT2D eigenvalue weighted by molar-refractivity contribution is 5.69. The van der Waals surface area contributed by atoms with Gasteiger partial charge < -0.3 is 0 Å². The fraction of sp³-hybridized carbons (Fsp3) is 0.158. The number of aromatic nitrogens is 2. The summed E-state index contributed by atoms with van der Waals surface area (Å²) in [6, 6.07) is 13.9. The van der Waals surface area contributed by atoms with Gasteiger partial charge in [-0.2, -0.15) is 23.0 Å². The highest BCUT2D eigenvalue weighted by atomic mass is 19.4. The van der Waals surface area contributed by atoms with Crippen LogP contribution in [0.1, 0.15) is 16.7 Å². The first-order chi connectivity index (χ1) is 11.9. The Kier molecular flexibility index (Phi) is 3.49. The van der Waals surface area contributed by atoms with Crippen molar-refractivity contribution in [2.45, 2.75) is 19.0 Å². The molecule has 0 aliphatic heterocycles. The third-order valence-corrected chi connectivity index (χ3v) is 4.36. The number of rotatable bonds is 1. The molecule has 3 aromatic rings. The third kappa shape index (κ3) is 2.73. The van der Waals surface area contributed by atoms with Gasteiger partial charge in [0.05, 0.1) is 16.9 Å². The summed E-state index contributed by atoms with van der Waals surface area (Å²) in [6.45, 7) is 0. The number of benzene rings is 2. The minimum Gasteiger partial charge on any atom is -0.267 e. The van der Waals surface area contributed by atoms with E-state index in [4.69, 9.17) is 0 Å². The van der Waals surface area contributed by atoms with Gasteiger partial charge in [0.2, 0.25) is 0 Å². The molecule has 3 nitrogen and oxygen atoms in total. The van der Waals surface area contributed by atoms with E-state index in [1.54, 1.807) is 0 Å². The molecule has 4 rings (SSSR count). The monoisotopic (exact) mass is 342 g/mol. The number of hydrogen-bond acceptors (Lipinski definition) is 2. The van der Waals surface area contributed by atoms with Crippen molar-refractivity contribution in [2.75, 3.05) is 0 Å². The molecule has 1 aromatic heterocycles. The highest BCUT2D eigenvalue weighted by Crippen LogP contribution is 2.32. The van der Waals surface area contributed by atoms with Crippen LogP contribution in [0.15, 0.2) is 59.4 Å². The van der Waals surface area contributed by atoms with Gasteiger partial charge in [-0.15, -0.1) is 0 Å². The zero-order valence-corrected chi connectivity index (χ0v) is 13.0. The Morgan fingerprint density at radius 2 is 1.68 bits per heavy atom. The molecular formula is C19H13F3N2O. The molecule has 25 heavy (non-hydrogen) atoms. The summed E-state index contributed by atoms with van der Waals surface area (Å²) in [5, 5.41) is 4.38. The van der Waals surface area contributed by atoms with Gasteiger partial charge >= 0.3 is 6.18 Å². The van der Waals surface area contributed by atoms with Crippen LogP contribution in [-0.2, 0) is 19.0 Å². The summed E-state index contributed by atoms with van der Waals surface area (Å²) < 4.78 is 39.9. The van der Waals surface area contributed by atoms with Gasteiger partial charge in [0, 0.05) is 11.6 Å². The Balaban J connectivity index is 1.90. The molecule has 2 aromatic carbocycles. The Morgan fingerprint density at radius 1 is 0.920 bits per heavy atom. The molecular weight excluding hydrogens is 329 g/mol. The predicted octanol–water partition coefficient (Wildman–Crippen LogP) is 4.02. The lowest BCUT2D eigenvalue weighted by molar-refractivity contribution is -0.137. The van der Waals surface area contributed by atoms with Gasteiger partial charge in [-0.3, -0.25) is 4.79 Å². The number of alkyl halides is 3. The Hall–Kier alpha value is -2.89. The van der Waals surface area contributed by atoms with Crippen molar-refractivity contribution in [3.05, 3.63) is 81.6 Å². The molecule has 0 spiro atoms. The predicted molar refractivity (Wildman–Crippen MR) is 87.7 cm³/mol. The maximum atomic E-state index is 12.9. The van der Waals surface area contributed by atoms with Crippen molar-refractivity contribution >= 4 is 0 Å². The first-order valence-corrected chi connectivity index (χ1v) is 7.83. The molecule has 0 N–H and O–H groups in total. The molecule has 0 saturated carbocycles. The molecule has 1 aliphatic rings. The molecule has 0 saturated heterocycles. The van der Waals surface area contributed by atoms with Crippen LogP contribution in [0.5, 0.6) is 0 Å². The number of nitrogens with zero attached hydrogens (tertiary/aromatic N) is 2. The first-order valence-electron chi connectivity index (χ1n) is 7.83. The average molecular weight is 342 g/mol. The van der Waals surface area contributed by atoms with Gasteiger partial charge in [-0.25, -0.2) is 0 Å². The second-order valence-corrected chi connectivity index (χ2v) is 5.97. The second kappa shape index (κ2) is 5.58. The summed E-state index contributed by atoms with van der Waals surface area (Å²) in [4.78, 5) is 12.4. The summed E-state index contributed by atoms with van der Waals surface area (Å²) in [6.07, 6.45) is -2.96. The molecule has 0 atom stereocenters. The number of fused-ring (bicyclic) bond motifs is 3. The largest absolute Gasteiger partial charge is 0.416 e. The number of halogens is 3. The van der Waals surface area contributed by atoms with Crippen LogP contribution >= 0.6 is 0 Å². The molecule has 0 unspecified atom stereocenters. The van der Waals surface area contributed by atoms with Gasteiger partial charge in [0.15, 0.2) is 0 Å². The van der Waals surface area contributed by atoms with Crippen molar-refractivity contribution < 1.29 is 13.2 Å². The van der Waals surface area contributed by atoms with E-state index in [-0.39, 0.29) is 5.69 Å². The average Bonchev–Trinajstić information content (AvgIpc) is 2.60. The maximum Gasteiger partial charge on any atom is 0.416 e. The van der Waals surface area contributed by atoms with E-state index in [0.29, 0.717) is 12.1 Å². The minimum absolute atomic E-state index is 0.102. The SMILES string of the molecule is O=c1cc2c(nn1-c1cccc(C(F)(F)F)c1)-c1ccccc1CC2. The molecule has 0 amide bonds. The zero-order valence-electron chi connectivity index (χ0n) is 13.0. The summed E-state index contributed by atoms with van der Waals surface area (Å²) in [7, 11) is 0. The number of hydrogen-bond donors (Lipinski definition) is 0. The Bertz CT molecular complexity index is 1020. The van der Waals surface area contributed by atoms with Crippen molar-refractivity contribution in [1.82, 2.24) is 9.78 Å². The topological polar surface area (TPSA) is 34.9 Å². The van der Waals surface area contributed by atoms with E-state index < -0.39 is 17.3 Å². The standard InChI is InChI=1S/C19H13F3N2O/c20-19(21,22)14-5-3-6-15(11-14)24-17(25)10-13-9-8-12-4-1-2-7-16(12)18(13)23-24/h1-7,10-11H,8-9H2. The molecule has 0 radical (unpaired) electrons. The first kappa shape index (κ1) is 15.6. The quantitative estimate of drug-likeness (QED) is 0.670. The van der Waals surface area contributed by atoms with E-state index in [2.05, 4.69) is 5.10 Å².